The number of carboxylic acid groups (broad SMARTS) is 1. The molecular formula is C14H17FN2O3. The van der Waals surface area contributed by atoms with Gasteiger partial charge in [0.25, 0.3) is 0 Å². The lowest BCUT2D eigenvalue weighted by molar-refractivity contribution is -0.139. The molecule has 1 saturated carbocycles. The Balaban J connectivity index is 1.84. The standard InChI is InChI=1S/C14H17FN2O3/c15-11-4-1-3-10(7-11)9-16-13(20)17-14(5-2-6-14)8-12(18)19/h1,3-4,7H,2,5-6,8-9H2,(H,18,19)(H2,16,17,20). The van der Waals surface area contributed by atoms with Crippen molar-refractivity contribution in [3.8, 4) is 0 Å². The SMILES string of the molecule is O=C(O)CC1(NC(=O)NCc2cccc(F)c2)CCC1. The summed E-state index contributed by atoms with van der Waals surface area (Å²) < 4.78 is 13.0. The van der Waals surface area contributed by atoms with Crippen LogP contribution in [0.25, 0.3) is 0 Å². The van der Waals surface area contributed by atoms with Gasteiger partial charge in [0, 0.05) is 6.54 Å². The van der Waals surface area contributed by atoms with Crippen LogP contribution in [-0.4, -0.2) is 22.6 Å². The zero-order chi connectivity index (χ0) is 14.6. The molecule has 6 heteroatoms. The number of carboxylic acids is 1. The van der Waals surface area contributed by atoms with E-state index in [-0.39, 0.29) is 18.8 Å². The molecule has 2 amide bonds. The summed E-state index contributed by atoms with van der Waals surface area (Å²) in [5.74, 6) is -1.28. The van der Waals surface area contributed by atoms with E-state index in [9.17, 15) is 14.0 Å². The lowest BCUT2D eigenvalue weighted by Gasteiger charge is -2.41. The van der Waals surface area contributed by atoms with Crippen LogP contribution < -0.4 is 10.6 Å². The van der Waals surface area contributed by atoms with E-state index in [4.69, 9.17) is 5.11 Å². The number of carbonyl (C=O) groups excluding carboxylic acids is 1. The number of urea groups is 1. The van der Waals surface area contributed by atoms with Gasteiger partial charge < -0.3 is 15.7 Å². The van der Waals surface area contributed by atoms with E-state index in [0.29, 0.717) is 18.4 Å². The number of benzene rings is 1. The third-order valence-corrected chi connectivity index (χ3v) is 3.52. The summed E-state index contributed by atoms with van der Waals surface area (Å²) in [5.41, 5.74) is 0.0266. The zero-order valence-corrected chi connectivity index (χ0v) is 11.0. The van der Waals surface area contributed by atoms with Gasteiger partial charge >= 0.3 is 12.0 Å². The average molecular weight is 280 g/mol. The minimum Gasteiger partial charge on any atom is -0.481 e. The molecule has 1 aromatic rings. The number of hydrogen-bond acceptors (Lipinski definition) is 2. The normalized spacial score (nSPS) is 16.1. The Hall–Kier alpha value is -2.11. The zero-order valence-electron chi connectivity index (χ0n) is 11.0. The lowest BCUT2D eigenvalue weighted by atomic mass is 9.74. The summed E-state index contributed by atoms with van der Waals surface area (Å²) in [6, 6.07) is 5.54. The Morgan fingerprint density at radius 2 is 2.10 bits per heavy atom. The maximum absolute atomic E-state index is 13.0. The molecular weight excluding hydrogens is 263 g/mol. The topological polar surface area (TPSA) is 78.4 Å². The van der Waals surface area contributed by atoms with Crippen LogP contribution in [-0.2, 0) is 11.3 Å². The highest BCUT2D eigenvalue weighted by molar-refractivity contribution is 5.77. The molecule has 0 atom stereocenters. The van der Waals surface area contributed by atoms with Gasteiger partial charge in [0.2, 0.25) is 0 Å². The second kappa shape index (κ2) is 5.90. The Morgan fingerprint density at radius 1 is 1.35 bits per heavy atom. The number of carbonyl (C=O) groups is 2. The molecule has 0 aromatic heterocycles. The largest absolute Gasteiger partial charge is 0.481 e. The first-order valence-corrected chi connectivity index (χ1v) is 6.51. The second-order valence-electron chi connectivity index (χ2n) is 5.14. The van der Waals surface area contributed by atoms with Gasteiger partial charge in [-0.2, -0.15) is 0 Å². The molecule has 2 rings (SSSR count). The van der Waals surface area contributed by atoms with Gasteiger partial charge in [-0.15, -0.1) is 0 Å². The summed E-state index contributed by atoms with van der Waals surface area (Å²) in [4.78, 5) is 22.6. The van der Waals surface area contributed by atoms with E-state index in [1.54, 1.807) is 12.1 Å². The molecule has 0 heterocycles. The fraction of sp³-hybridized carbons (Fsp3) is 0.429. The van der Waals surface area contributed by atoms with Gasteiger partial charge in [-0.25, -0.2) is 9.18 Å². The summed E-state index contributed by atoms with van der Waals surface area (Å²) >= 11 is 0. The lowest BCUT2D eigenvalue weighted by Crippen LogP contribution is -2.57. The summed E-state index contributed by atoms with van der Waals surface area (Å²) in [6.45, 7) is 0.201. The molecule has 0 saturated heterocycles. The van der Waals surface area contributed by atoms with Crippen LogP contribution in [0.4, 0.5) is 9.18 Å². The maximum atomic E-state index is 13.0. The van der Waals surface area contributed by atoms with E-state index in [1.807, 2.05) is 0 Å². The highest BCUT2D eigenvalue weighted by atomic mass is 19.1. The van der Waals surface area contributed by atoms with E-state index in [1.165, 1.54) is 12.1 Å². The average Bonchev–Trinajstić information content (AvgIpc) is 2.33. The van der Waals surface area contributed by atoms with Gasteiger partial charge in [-0.05, 0) is 37.0 Å². The number of amides is 2. The van der Waals surface area contributed by atoms with Crippen LogP contribution in [0.15, 0.2) is 24.3 Å². The van der Waals surface area contributed by atoms with Crippen LogP contribution in [0.2, 0.25) is 0 Å². The first kappa shape index (κ1) is 14.3. The first-order valence-electron chi connectivity index (χ1n) is 6.51. The fourth-order valence-corrected chi connectivity index (χ4v) is 2.35. The van der Waals surface area contributed by atoms with Gasteiger partial charge in [0.15, 0.2) is 0 Å². The van der Waals surface area contributed by atoms with Crippen molar-refractivity contribution in [2.75, 3.05) is 0 Å². The number of nitrogens with one attached hydrogen (secondary N) is 2. The molecule has 0 unspecified atom stereocenters. The molecule has 1 fully saturated rings. The summed E-state index contributed by atoms with van der Waals surface area (Å²) in [6.07, 6.45) is 2.19. The highest BCUT2D eigenvalue weighted by Gasteiger charge is 2.40. The van der Waals surface area contributed by atoms with Crippen LogP contribution >= 0.6 is 0 Å². The first-order chi connectivity index (χ1) is 9.49. The smallest absolute Gasteiger partial charge is 0.315 e. The number of halogens is 1. The second-order valence-corrected chi connectivity index (χ2v) is 5.14. The summed E-state index contributed by atoms with van der Waals surface area (Å²) in [7, 11) is 0. The Morgan fingerprint density at radius 3 is 2.65 bits per heavy atom. The highest BCUT2D eigenvalue weighted by Crippen LogP contribution is 2.34. The number of hydrogen-bond donors (Lipinski definition) is 3. The Bertz CT molecular complexity index is 515. The van der Waals surface area contributed by atoms with Crippen molar-refractivity contribution in [3.63, 3.8) is 0 Å². The van der Waals surface area contributed by atoms with Crippen molar-refractivity contribution in [1.29, 1.82) is 0 Å². The van der Waals surface area contributed by atoms with Crippen LogP contribution in [0.3, 0.4) is 0 Å². The van der Waals surface area contributed by atoms with Crippen molar-refractivity contribution in [1.82, 2.24) is 10.6 Å². The van der Waals surface area contributed by atoms with Crippen molar-refractivity contribution >= 4 is 12.0 Å². The molecule has 20 heavy (non-hydrogen) atoms. The van der Waals surface area contributed by atoms with E-state index >= 15 is 0 Å². The minimum absolute atomic E-state index is 0.0691. The monoisotopic (exact) mass is 280 g/mol. The van der Waals surface area contributed by atoms with Gasteiger partial charge in [-0.1, -0.05) is 12.1 Å². The molecule has 1 aliphatic rings. The van der Waals surface area contributed by atoms with E-state index < -0.39 is 17.5 Å². The number of rotatable bonds is 5. The molecule has 0 bridgehead atoms. The molecule has 3 N–H and O–H groups in total. The maximum Gasteiger partial charge on any atom is 0.315 e. The van der Waals surface area contributed by atoms with E-state index in [2.05, 4.69) is 10.6 Å². The van der Waals surface area contributed by atoms with Crippen molar-refractivity contribution < 1.29 is 19.1 Å². The molecule has 1 aliphatic carbocycles. The predicted octanol–water partition coefficient (Wildman–Crippen LogP) is 2.02. The predicted molar refractivity (Wildman–Crippen MR) is 70.6 cm³/mol. The third-order valence-electron chi connectivity index (χ3n) is 3.52. The molecule has 1 aromatic carbocycles. The quantitative estimate of drug-likeness (QED) is 0.772. The third kappa shape index (κ3) is 3.69. The van der Waals surface area contributed by atoms with Gasteiger partial charge in [-0.3, -0.25) is 4.79 Å². The molecule has 0 radical (unpaired) electrons. The van der Waals surface area contributed by atoms with Gasteiger partial charge in [0.1, 0.15) is 5.82 Å². The fourth-order valence-electron chi connectivity index (χ4n) is 2.35. The van der Waals surface area contributed by atoms with Crippen LogP contribution in [0.5, 0.6) is 0 Å². The molecule has 5 nitrogen and oxygen atoms in total. The summed E-state index contributed by atoms with van der Waals surface area (Å²) in [5, 5.41) is 14.2. The van der Waals surface area contributed by atoms with Crippen molar-refractivity contribution in [2.45, 2.75) is 37.8 Å². The van der Waals surface area contributed by atoms with Crippen molar-refractivity contribution in [2.24, 2.45) is 0 Å². The van der Waals surface area contributed by atoms with Gasteiger partial charge in [0.05, 0.1) is 12.0 Å². The molecule has 108 valence electrons. The molecule has 0 aliphatic heterocycles. The van der Waals surface area contributed by atoms with Crippen LogP contribution in [0.1, 0.15) is 31.2 Å². The minimum atomic E-state index is -0.921. The van der Waals surface area contributed by atoms with E-state index in [0.717, 1.165) is 6.42 Å². The molecule has 0 spiro atoms. The Kier molecular flexibility index (Phi) is 4.22. The van der Waals surface area contributed by atoms with Crippen molar-refractivity contribution in [3.05, 3.63) is 35.6 Å². The Labute approximate surface area is 116 Å². The number of aliphatic carboxylic acids is 1. The van der Waals surface area contributed by atoms with Crippen LogP contribution in [0, 0.1) is 5.82 Å².